The van der Waals surface area contributed by atoms with E-state index in [0.717, 1.165) is 4.68 Å². The largest absolute Gasteiger partial charge is 0.361 e. The number of anilines is 3. The third kappa shape index (κ3) is 3.62. The van der Waals surface area contributed by atoms with Crippen LogP contribution in [0.15, 0.2) is 23.1 Å². The number of nitrogens with zero attached hydrogens (tertiary/aromatic N) is 6. The lowest BCUT2D eigenvalue weighted by Crippen LogP contribution is -2.25. The van der Waals surface area contributed by atoms with Crippen molar-refractivity contribution >= 4 is 23.4 Å². The number of carbonyl (C=O) groups is 1. The normalized spacial score (nSPS) is 10.3. The minimum absolute atomic E-state index is 0.133. The number of rotatable bonds is 4. The summed E-state index contributed by atoms with van der Waals surface area (Å²) in [6, 6.07) is 2.67. The van der Waals surface area contributed by atoms with Crippen molar-refractivity contribution < 1.29 is 4.79 Å². The van der Waals surface area contributed by atoms with Crippen molar-refractivity contribution in [3.63, 3.8) is 0 Å². The van der Waals surface area contributed by atoms with Gasteiger partial charge in [-0.2, -0.15) is 10.1 Å². The lowest BCUT2D eigenvalue weighted by atomic mass is 10.3. The Bertz CT molecular complexity index is 783. The van der Waals surface area contributed by atoms with Crippen LogP contribution in [0.25, 0.3) is 0 Å². The zero-order valence-corrected chi connectivity index (χ0v) is 13.7. The van der Waals surface area contributed by atoms with E-state index in [1.807, 2.05) is 28.2 Å². The molecule has 2 aromatic heterocycles. The number of amides is 1. The summed E-state index contributed by atoms with van der Waals surface area (Å²) in [6.07, 6.45) is 1.54. The Morgan fingerprint density at radius 3 is 2.43 bits per heavy atom. The van der Waals surface area contributed by atoms with E-state index in [-0.39, 0.29) is 11.3 Å². The molecule has 0 aromatic carbocycles. The van der Waals surface area contributed by atoms with Gasteiger partial charge in [0.2, 0.25) is 5.95 Å². The van der Waals surface area contributed by atoms with Crippen LogP contribution in [0.1, 0.15) is 10.5 Å². The van der Waals surface area contributed by atoms with E-state index < -0.39 is 5.91 Å². The summed E-state index contributed by atoms with van der Waals surface area (Å²) in [5.41, 5.74) is 0.309. The second-order valence-electron chi connectivity index (χ2n) is 5.33. The Balaban J connectivity index is 2.33. The maximum atomic E-state index is 12.3. The Hall–Kier alpha value is -2.97. The summed E-state index contributed by atoms with van der Waals surface area (Å²) >= 11 is 0. The van der Waals surface area contributed by atoms with Crippen LogP contribution in [-0.4, -0.2) is 53.8 Å². The molecule has 9 heteroatoms. The maximum Gasteiger partial charge on any atom is 0.276 e. The molecule has 0 saturated heterocycles. The molecule has 0 atom stereocenters. The van der Waals surface area contributed by atoms with Crippen LogP contribution in [-0.2, 0) is 7.05 Å². The summed E-state index contributed by atoms with van der Waals surface area (Å²) in [5, 5.41) is 6.64. The zero-order chi connectivity index (χ0) is 17.1. The minimum Gasteiger partial charge on any atom is -0.361 e. The Labute approximate surface area is 133 Å². The quantitative estimate of drug-likeness (QED) is 0.845. The van der Waals surface area contributed by atoms with Crippen molar-refractivity contribution in [2.24, 2.45) is 7.05 Å². The van der Waals surface area contributed by atoms with Crippen LogP contribution in [0, 0.1) is 0 Å². The van der Waals surface area contributed by atoms with Gasteiger partial charge in [0, 0.05) is 41.3 Å². The first-order chi connectivity index (χ1) is 10.8. The Kier molecular flexibility index (Phi) is 4.58. The molecular formula is C14H19N7O2. The highest BCUT2D eigenvalue weighted by Crippen LogP contribution is 2.23. The molecule has 0 aliphatic heterocycles. The molecule has 122 valence electrons. The summed E-state index contributed by atoms with van der Waals surface area (Å²) in [7, 11) is 8.80. The smallest absolute Gasteiger partial charge is 0.276 e. The first-order valence-electron chi connectivity index (χ1n) is 6.87. The minimum atomic E-state index is -0.440. The molecule has 0 fully saturated rings. The first-order valence-corrected chi connectivity index (χ1v) is 6.87. The molecule has 23 heavy (non-hydrogen) atoms. The molecule has 0 radical (unpaired) electrons. The average molecular weight is 317 g/mol. The molecule has 2 rings (SSSR count). The molecule has 0 aliphatic carbocycles. The van der Waals surface area contributed by atoms with Crippen molar-refractivity contribution in [2.45, 2.75) is 0 Å². The van der Waals surface area contributed by atoms with Gasteiger partial charge in [-0.1, -0.05) is 0 Å². The topological polar surface area (TPSA) is 96.2 Å². The van der Waals surface area contributed by atoms with Crippen LogP contribution in [0.3, 0.4) is 0 Å². The molecule has 0 saturated carbocycles. The molecule has 2 heterocycles. The van der Waals surface area contributed by atoms with Crippen LogP contribution in [0.4, 0.5) is 17.5 Å². The summed E-state index contributed by atoms with van der Waals surface area (Å²) in [4.78, 5) is 35.8. The van der Waals surface area contributed by atoms with Gasteiger partial charge in [0.1, 0.15) is 11.4 Å². The molecule has 0 spiro atoms. The van der Waals surface area contributed by atoms with E-state index in [0.29, 0.717) is 17.5 Å². The highest BCUT2D eigenvalue weighted by Gasteiger charge is 2.15. The molecular weight excluding hydrogens is 298 g/mol. The van der Waals surface area contributed by atoms with Gasteiger partial charge in [0.25, 0.3) is 11.5 Å². The van der Waals surface area contributed by atoms with Crippen LogP contribution in [0.2, 0.25) is 0 Å². The number of hydrogen-bond donors (Lipinski definition) is 1. The van der Waals surface area contributed by atoms with Crippen LogP contribution in [0.5, 0.6) is 0 Å². The number of hydrogen-bond acceptors (Lipinski definition) is 7. The lowest BCUT2D eigenvalue weighted by Gasteiger charge is -2.19. The van der Waals surface area contributed by atoms with Gasteiger partial charge in [0.15, 0.2) is 5.82 Å². The zero-order valence-electron chi connectivity index (χ0n) is 13.7. The number of aryl methyl sites for hydroxylation is 1. The van der Waals surface area contributed by atoms with Gasteiger partial charge >= 0.3 is 0 Å². The van der Waals surface area contributed by atoms with Gasteiger partial charge in [-0.25, -0.2) is 9.67 Å². The van der Waals surface area contributed by atoms with Crippen LogP contribution >= 0.6 is 0 Å². The highest BCUT2D eigenvalue weighted by atomic mass is 16.2. The second kappa shape index (κ2) is 6.42. The first kappa shape index (κ1) is 16.4. The molecule has 9 nitrogen and oxygen atoms in total. The molecule has 0 bridgehead atoms. The third-order valence-electron chi connectivity index (χ3n) is 3.02. The van der Waals surface area contributed by atoms with Gasteiger partial charge in [-0.15, -0.1) is 0 Å². The maximum absolute atomic E-state index is 12.3. The van der Waals surface area contributed by atoms with Crippen LogP contribution < -0.4 is 20.7 Å². The summed E-state index contributed by atoms with van der Waals surface area (Å²) in [5.74, 6) is 0.665. The van der Waals surface area contributed by atoms with E-state index in [2.05, 4.69) is 20.4 Å². The van der Waals surface area contributed by atoms with Gasteiger partial charge in [0.05, 0.1) is 6.20 Å². The molecule has 1 N–H and O–H groups in total. The van der Waals surface area contributed by atoms with E-state index in [9.17, 15) is 9.59 Å². The van der Waals surface area contributed by atoms with Crippen molar-refractivity contribution in [3.8, 4) is 0 Å². The number of carbonyl (C=O) groups excluding carboxylic acids is 1. The van der Waals surface area contributed by atoms with Crippen molar-refractivity contribution in [2.75, 3.05) is 43.3 Å². The summed E-state index contributed by atoms with van der Waals surface area (Å²) in [6.45, 7) is 0. The van der Waals surface area contributed by atoms with Gasteiger partial charge < -0.3 is 15.1 Å². The van der Waals surface area contributed by atoms with Gasteiger partial charge in [-0.05, 0) is 6.07 Å². The SMILES string of the molecule is CN(C)c1ncc(NC(=O)c2ccc(=O)n(C)n2)c(N(C)C)n1. The summed E-state index contributed by atoms with van der Waals surface area (Å²) < 4.78 is 1.10. The molecule has 0 aliphatic rings. The fourth-order valence-electron chi connectivity index (χ4n) is 1.82. The fraction of sp³-hybridized carbons (Fsp3) is 0.357. The predicted octanol–water partition coefficient (Wildman–Crippen LogP) is -0.0454. The Morgan fingerprint density at radius 2 is 1.87 bits per heavy atom. The number of nitrogens with one attached hydrogen (secondary N) is 1. The van der Waals surface area contributed by atoms with Crippen molar-refractivity contribution in [3.05, 3.63) is 34.4 Å². The molecule has 2 aromatic rings. The number of aromatic nitrogens is 4. The standard InChI is InChI=1S/C14H19N7O2/c1-19(2)12-10(8-15-14(17-12)20(3)4)16-13(23)9-6-7-11(22)21(5)18-9/h6-8H,1-5H3,(H,16,23). The van der Waals surface area contributed by atoms with Gasteiger partial charge in [-0.3, -0.25) is 9.59 Å². The lowest BCUT2D eigenvalue weighted by molar-refractivity contribution is 0.102. The highest BCUT2D eigenvalue weighted by molar-refractivity contribution is 6.04. The second-order valence-corrected chi connectivity index (χ2v) is 5.33. The molecule has 0 unspecified atom stereocenters. The Morgan fingerprint density at radius 1 is 1.17 bits per heavy atom. The van der Waals surface area contributed by atoms with Crippen molar-refractivity contribution in [1.82, 2.24) is 19.7 Å². The molecule has 1 amide bonds. The fourth-order valence-corrected chi connectivity index (χ4v) is 1.82. The predicted molar refractivity (Wildman–Crippen MR) is 88.1 cm³/mol. The van der Waals surface area contributed by atoms with E-state index >= 15 is 0 Å². The third-order valence-corrected chi connectivity index (χ3v) is 3.02. The average Bonchev–Trinajstić information content (AvgIpc) is 2.49. The van der Waals surface area contributed by atoms with E-state index in [1.54, 1.807) is 9.80 Å². The van der Waals surface area contributed by atoms with E-state index in [1.165, 1.54) is 25.4 Å². The van der Waals surface area contributed by atoms with E-state index in [4.69, 9.17) is 0 Å². The monoisotopic (exact) mass is 317 g/mol. The van der Waals surface area contributed by atoms with Crippen molar-refractivity contribution in [1.29, 1.82) is 0 Å².